The number of rotatable bonds is 0. The maximum atomic E-state index is 5.97. The minimum absolute atomic E-state index is 0.0405. The van der Waals surface area contributed by atoms with Gasteiger partial charge in [-0.05, 0) is 36.5 Å². The number of fused-ring (bicyclic) bond motifs is 6. The van der Waals surface area contributed by atoms with Crippen molar-refractivity contribution < 1.29 is 9.47 Å². The molecule has 0 unspecified atom stereocenters. The summed E-state index contributed by atoms with van der Waals surface area (Å²) in [6.45, 7) is 1.71. The summed E-state index contributed by atoms with van der Waals surface area (Å²) in [5.74, 6) is 5.61. The van der Waals surface area contributed by atoms with E-state index in [4.69, 9.17) is 9.47 Å². The lowest BCUT2D eigenvalue weighted by atomic mass is 9.92. The van der Waals surface area contributed by atoms with Crippen LogP contribution in [0.1, 0.15) is 12.8 Å². The van der Waals surface area contributed by atoms with Gasteiger partial charge in [-0.3, -0.25) is 0 Å². The molecule has 4 saturated carbocycles. The van der Waals surface area contributed by atoms with Crippen LogP contribution in [0.4, 0.5) is 0 Å². The summed E-state index contributed by atoms with van der Waals surface area (Å²) in [6.07, 6.45) is 2.99. The van der Waals surface area contributed by atoms with Gasteiger partial charge in [-0.15, -0.1) is 0 Å². The second kappa shape index (κ2) is 1.59. The molecule has 70 valence electrons. The molecule has 1 saturated heterocycles. The van der Waals surface area contributed by atoms with Crippen molar-refractivity contribution in [3.05, 3.63) is 0 Å². The van der Waals surface area contributed by atoms with E-state index in [0.717, 1.165) is 48.7 Å². The van der Waals surface area contributed by atoms with Gasteiger partial charge in [0.2, 0.25) is 0 Å². The highest BCUT2D eigenvalue weighted by Crippen LogP contribution is 2.82. The van der Waals surface area contributed by atoms with Gasteiger partial charge in [0.25, 0.3) is 0 Å². The predicted molar refractivity (Wildman–Crippen MR) is 44.8 cm³/mol. The molecule has 2 heteroatoms. The van der Waals surface area contributed by atoms with E-state index in [1.807, 2.05) is 0 Å². The van der Waals surface area contributed by atoms with E-state index in [1.165, 1.54) is 12.8 Å². The summed E-state index contributed by atoms with van der Waals surface area (Å²) in [5, 5.41) is 0. The summed E-state index contributed by atoms with van der Waals surface area (Å²) in [4.78, 5) is 0. The van der Waals surface area contributed by atoms with Gasteiger partial charge in [-0.25, -0.2) is 0 Å². The van der Waals surface area contributed by atoms with Crippen LogP contribution in [-0.2, 0) is 9.47 Å². The van der Waals surface area contributed by atoms with Crippen LogP contribution in [0.25, 0.3) is 0 Å². The molecule has 13 heavy (non-hydrogen) atoms. The van der Waals surface area contributed by atoms with Gasteiger partial charge in [0.15, 0.2) is 5.79 Å². The Labute approximate surface area is 77.6 Å². The molecule has 5 aliphatic rings. The summed E-state index contributed by atoms with van der Waals surface area (Å²) in [7, 11) is 0. The molecule has 4 atom stereocenters. The zero-order chi connectivity index (χ0) is 8.21. The zero-order valence-electron chi connectivity index (χ0n) is 7.61. The fourth-order valence-corrected chi connectivity index (χ4v) is 5.00. The summed E-state index contributed by atoms with van der Waals surface area (Å²) < 4.78 is 11.9. The molecule has 2 bridgehead atoms. The van der Waals surface area contributed by atoms with Crippen LogP contribution >= 0.6 is 0 Å². The quantitative estimate of drug-likeness (QED) is 0.556. The molecule has 0 amide bonds. The molecular weight excluding hydrogens is 164 g/mol. The summed E-state index contributed by atoms with van der Waals surface area (Å²) in [6, 6.07) is 0. The first-order valence-electron chi connectivity index (χ1n) is 5.70. The maximum absolute atomic E-state index is 5.97. The third-order valence-corrected chi connectivity index (χ3v) is 5.30. The molecular formula is C11H14O2. The van der Waals surface area contributed by atoms with Crippen molar-refractivity contribution in [1.29, 1.82) is 0 Å². The fraction of sp³-hybridized carbons (Fsp3) is 1.00. The lowest BCUT2D eigenvalue weighted by Gasteiger charge is -2.33. The molecule has 2 nitrogen and oxygen atoms in total. The molecule has 0 aromatic heterocycles. The van der Waals surface area contributed by atoms with Gasteiger partial charge in [0.1, 0.15) is 0 Å². The molecule has 0 aromatic rings. The normalized spacial score (nSPS) is 68.3. The Hall–Kier alpha value is -0.0800. The topological polar surface area (TPSA) is 18.5 Å². The van der Waals surface area contributed by atoms with Crippen molar-refractivity contribution in [2.45, 2.75) is 18.6 Å². The Morgan fingerprint density at radius 2 is 1.23 bits per heavy atom. The molecule has 1 aliphatic heterocycles. The van der Waals surface area contributed by atoms with Crippen molar-refractivity contribution in [3.63, 3.8) is 0 Å². The maximum Gasteiger partial charge on any atom is 0.175 e. The van der Waals surface area contributed by atoms with Gasteiger partial charge in [0.05, 0.1) is 13.2 Å². The lowest BCUT2D eigenvalue weighted by Crippen LogP contribution is -2.41. The summed E-state index contributed by atoms with van der Waals surface area (Å²) in [5.41, 5.74) is 0. The van der Waals surface area contributed by atoms with Crippen LogP contribution in [0.5, 0.6) is 0 Å². The second-order valence-electron chi connectivity index (χ2n) is 5.60. The van der Waals surface area contributed by atoms with E-state index in [0.29, 0.717) is 0 Å². The average molecular weight is 178 g/mol. The lowest BCUT2D eigenvalue weighted by molar-refractivity contribution is -0.209. The highest BCUT2D eigenvalue weighted by molar-refractivity contribution is 5.27. The second-order valence-corrected chi connectivity index (χ2v) is 5.60. The van der Waals surface area contributed by atoms with E-state index in [9.17, 15) is 0 Å². The monoisotopic (exact) mass is 178 g/mol. The largest absolute Gasteiger partial charge is 0.347 e. The van der Waals surface area contributed by atoms with Crippen LogP contribution in [-0.4, -0.2) is 19.0 Å². The van der Waals surface area contributed by atoms with E-state index >= 15 is 0 Å². The minimum atomic E-state index is -0.0405. The Kier molecular flexibility index (Phi) is 0.783. The Balaban J connectivity index is 1.70. The zero-order valence-corrected chi connectivity index (χ0v) is 7.61. The third-order valence-electron chi connectivity index (χ3n) is 5.30. The third kappa shape index (κ3) is 0.490. The Morgan fingerprint density at radius 1 is 0.769 bits per heavy atom. The van der Waals surface area contributed by atoms with Crippen molar-refractivity contribution in [2.24, 2.45) is 35.5 Å². The first-order chi connectivity index (χ1) is 6.42. The standard InChI is InChI=1S/C11H14O2/c1-2-13-11(12-1)9-5-3-6(5)10(11)8-4-7(8)9/h5-10H,1-4H2/t5-,6+,7-,8+,9?,10?. The van der Waals surface area contributed by atoms with Gasteiger partial charge < -0.3 is 9.47 Å². The van der Waals surface area contributed by atoms with Crippen molar-refractivity contribution in [1.82, 2.24) is 0 Å². The van der Waals surface area contributed by atoms with E-state index in [1.54, 1.807) is 0 Å². The fourth-order valence-electron chi connectivity index (χ4n) is 5.00. The van der Waals surface area contributed by atoms with Crippen LogP contribution in [0.15, 0.2) is 0 Å². The van der Waals surface area contributed by atoms with Crippen molar-refractivity contribution in [2.75, 3.05) is 13.2 Å². The van der Waals surface area contributed by atoms with Gasteiger partial charge in [-0.2, -0.15) is 0 Å². The minimum Gasteiger partial charge on any atom is -0.347 e. The molecule has 5 rings (SSSR count). The number of hydrogen-bond acceptors (Lipinski definition) is 2. The Morgan fingerprint density at radius 3 is 1.69 bits per heavy atom. The number of hydrogen-bond donors (Lipinski definition) is 0. The van der Waals surface area contributed by atoms with Gasteiger partial charge in [-0.1, -0.05) is 0 Å². The molecule has 1 heterocycles. The molecule has 0 radical (unpaired) electrons. The summed E-state index contributed by atoms with van der Waals surface area (Å²) >= 11 is 0. The highest BCUT2D eigenvalue weighted by atomic mass is 16.7. The average Bonchev–Trinajstić information content (AvgIpc) is 3.01. The Bertz CT molecular complexity index is 254. The van der Waals surface area contributed by atoms with Gasteiger partial charge >= 0.3 is 0 Å². The van der Waals surface area contributed by atoms with Crippen LogP contribution in [0.3, 0.4) is 0 Å². The first-order valence-corrected chi connectivity index (χ1v) is 5.70. The van der Waals surface area contributed by atoms with Crippen LogP contribution in [0.2, 0.25) is 0 Å². The van der Waals surface area contributed by atoms with Gasteiger partial charge in [0, 0.05) is 11.8 Å². The van der Waals surface area contributed by atoms with Crippen molar-refractivity contribution >= 4 is 0 Å². The SMILES string of the molecule is C1COC2(O1)C1[C@H]3C[C@H]3C2[C@@H]2C[C@H]12. The first kappa shape index (κ1) is 6.41. The molecule has 0 N–H and O–H groups in total. The van der Waals surface area contributed by atoms with E-state index < -0.39 is 0 Å². The van der Waals surface area contributed by atoms with E-state index in [-0.39, 0.29) is 5.79 Å². The molecule has 1 spiro atoms. The smallest absolute Gasteiger partial charge is 0.175 e. The predicted octanol–water partition coefficient (Wildman–Crippen LogP) is 1.26. The van der Waals surface area contributed by atoms with Crippen molar-refractivity contribution in [3.8, 4) is 0 Å². The molecule has 4 aliphatic carbocycles. The van der Waals surface area contributed by atoms with E-state index in [2.05, 4.69) is 0 Å². The van der Waals surface area contributed by atoms with Crippen LogP contribution < -0.4 is 0 Å². The van der Waals surface area contributed by atoms with Crippen LogP contribution in [0, 0.1) is 35.5 Å². The molecule has 0 aromatic carbocycles. The number of ether oxygens (including phenoxy) is 2. The highest BCUT2D eigenvalue weighted by Gasteiger charge is 2.83. The molecule has 5 fully saturated rings.